The van der Waals surface area contributed by atoms with E-state index in [1.807, 2.05) is 57.2 Å². The van der Waals surface area contributed by atoms with E-state index in [4.69, 9.17) is 9.47 Å². The van der Waals surface area contributed by atoms with E-state index in [-0.39, 0.29) is 12.3 Å². The molecule has 0 radical (unpaired) electrons. The van der Waals surface area contributed by atoms with Crippen LogP contribution >= 0.6 is 0 Å². The van der Waals surface area contributed by atoms with E-state index in [0.717, 1.165) is 33.0 Å². The third-order valence-electron chi connectivity index (χ3n) is 4.81. The van der Waals surface area contributed by atoms with E-state index in [1.165, 1.54) is 7.11 Å². The summed E-state index contributed by atoms with van der Waals surface area (Å²) in [5.41, 5.74) is 3.88. The van der Waals surface area contributed by atoms with Gasteiger partial charge in [0.25, 0.3) is 0 Å². The zero-order valence-electron chi connectivity index (χ0n) is 17.5. The van der Waals surface area contributed by atoms with Gasteiger partial charge >= 0.3 is 6.09 Å². The third kappa shape index (κ3) is 4.84. The summed E-state index contributed by atoms with van der Waals surface area (Å²) in [7, 11) is 1.25. The number of aromatic nitrogens is 1. The van der Waals surface area contributed by atoms with Crippen LogP contribution in [-0.2, 0) is 16.0 Å². The fourth-order valence-electron chi connectivity index (χ4n) is 2.97. The molecule has 0 aliphatic rings. The number of amides is 2. The average molecular weight is 404 g/mol. The Kier molecular flexibility index (Phi) is 6.47. The van der Waals surface area contributed by atoms with E-state index in [1.54, 1.807) is 24.4 Å². The molecule has 0 saturated carbocycles. The number of carbonyl (C=O) groups excluding carboxylic acids is 2. The number of imide groups is 1. The van der Waals surface area contributed by atoms with Crippen molar-refractivity contribution in [2.75, 3.05) is 12.0 Å². The predicted octanol–water partition coefficient (Wildman–Crippen LogP) is 5.14. The van der Waals surface area contributed by atoms with E-state index in [9.17, 15) is 9.59 Å². The van der Waals surface area contributed by atoms with Crippen molar-refractivity contribution in [2.45, 2.75) is 27.2 Å². The van der Waals surface area contributed by atoms with Gasteiger partial charge in [0.15, 0.2) is 0 Å². The second-order valence-electron chi connectivity index (χ2n) is 6.98. The number of benzene rings is 2. The lowest BCUT2D eigenvalue weighted by molar-refractivity contribution is -0.117. The standard InChI is InChI=1S/C24H24N2O4/c1-16-5-9-20(10-6-16)30-21-11-7-19(8-12-21)15-23(27)26(24(28)29-4)22-13-14-25-18(3)17(22)2/h5-14H,15H2,1-4H3. The smallest absolute Gasteiger partial charge is 0.420 e. The first-order valence-corrected chi connectivity index (χ1v) is 9.55. The lowest BCUT2D eigenvalue weighted by Crippen LogP contribution is -2.38. The molecule has 0 fully saturated rings. The molecule has 154 valence electrons. The van der Waals surface area contributed by atoms with Crippen LogP contribution in [0.1, 0.15) is 22.4 Å². The fraction of sp³-hybridized carbons (Fsp3) is 0.208. The van der Waals surface area contributed by atoms with Crippen LogP contribution in [-0.4, -0.2) is 24.1 Å². The Bertz CT molecular complexity index is 1040. The highest BCUT2D eigenvalue weighted by molar-refractivity contribution is 6.13. The van der Waals surface area contributed by atoms with Crippen LogP contribution in [0.15, 0.2) is 60.8 Å². The number of anilines is 1. The maximum Gasteiger partial charge on any atom is 0.420 e. The summed E-state index contributed by atoms with van der Waals surface area (Å²) in [5, 5.41) is 0. The molecule has 0 N–H and O–H groups in total. The lowest BCUT2D eigenvalue weighted by Gasteiger charge is -2.22. The van der Waals surface area contributed by atoms with Gasteiger partial charge in [-0.25, -0.2) is 9.69 Å². The largest absolute Gasteiger partial charge is 0.457 e. The Morgan fingerprint density at radius 3 is 2.10 bits per heavy atom. The van der Waals surface area contributed by atoms with E-state index < -0.39 is 6.09 Å². The summed E-state index contributed by atoms with van der Waals surface area (Å²) < 4.78 is 10.7. The summed E-state index contributed by atoms with van der Waals surface area (Å²) in [6.45, 7) is 5.66. The number of ether oxygens (including phenoxy) is 2. The molecule has 1 aromatic heterocycles. The lowest BCUT2D eigenvalue weighted by atomic mass is 10.1. The van der Waals surface area contributed by atoms with Crippen LogP contribution in [0, 0.1) is 20.8 Å². The van der Waals surface area contributed by atoms with Crippen LogP contribution in [0.25, 0.3) is 0 Å². The van der Waals surface area contributed by atoms with Crippen molar-refractivity contribution >= 4 is 17.7 Å². The Morgan fingerprint density at radius 1 is 0.900 bits per heavy atom. The highest BCUT2D eigenvalue weighted by Crippen LogP contribution is 2.25. The first-order valence-electron chi connectivity index (χ1n) is 9.55. The molecule has 0 spiro atoms. The first-order chi connectivity index (χ1) is 14.4. The molecular formula is C24H24N2O4. The first kappa shape index (κ1) is 21.0. The molecule has 0 saturated heterocycles. The van der Waals surface area contributed by atoms with Crippen molar-refractivity contribution in [1.29, 1.82) is 0 Å². The molecular weight excluding hydrogens is 380 g/mol. The maximum absolute atomic E-state index is 13.0. The van der Waals surface area contributed by atoms with Crippen LogP contribution in [0.2, 0.25) is 0 Å². The zero-order valence-corrected chi connectivity index (χ0v) is 17.5. The van der Waals surface area contributed by atoms with Crippen molar-refractivity contribution in [3.8, 4) is 11.5 Å². The van der Waals surface area contributed by atoms with Gasteiger partial charge < -0.3 is 9.47 Å². The van der Waals surface area contributed by atoms with Crippen molar-refractivity contribution in [3.63, 3.8) is 0 Å². The molecule has 6 heteroatoms. The van der Waals surface area contributed by atoms with Crippen LogP contribution in [0.4, 0.5) is 10.5 Å². The number of nitrogens with zero attached hydrogens (tertiary/aromatic N) is 2. The summed E-state index contributed by atoms with van der Waals surface area (Å²) in [6, 6.07) is 16.6. The molecule has 2 aromatic carbocycles. The summed E-state index contributed by atoms with van der Waals surface area (Å²) in [6.07, 6.45) is 0.881. The van der Waals surface area contributed by atoms with E-state index >= 15 is 0 Å². The van der Waals surface area contributed by atoms with Crippen LogP contribution < -0.4 is 9.64 Å². The van der Waals surface area contributed by atoms with Gasteiger partial charge in [0, 0.05) is 11.9 Å². The minimum Gasteiger partial charge on any atom is -0.457 e. The van der Waals surface area contributed by atoms with Crippen molar-refractivity contribution < 1.29 is 19.1 Å². The normalized spacial score (nSPS) is 10.4. The number of hydrogen-bond donors (Lipinski definition) is 0. The van der Waals surface area contributed by atoms with Gasteiger partial charge in [-0.05, 0) is 62.2 Å². The Balaban J connectivity index is 1.76. The molecule has 3 aromatic rings. The number of carbonyl (C=O) groups is 2. The topological polar surface area (TPSA) is 68.7 Å². The number of methoxy groups -OCH3 is 1. The minimum absolute atomic E-state index is 0.0424. The van der Waals surface area contributed by atoms with Gasteiger partial charge in [0.1, 0.15) is 11.5 Å². The summed E-state index contributed by atoms with van der Waals surface area (Å²) in [4.78, 5) is 30.5. The molecule has 0 atom stereocenters. The Hall–Kier alpha value is -3.67. The molecule has 0 unspecified atom stereocenters. The van der Waals surface area contributed by atoms with Gasteiger partial charge in [0.05, 0.1) is 19.2 Å². The second kappa shape index (κ2) is 9.22. The minimum atomic E-state index is -0.729. The molecule has 0 bridgehead atoms. The maximum atomic E-state index is 13.0. The number of rotatable bonds is 5. The van der Waals surface area contributed by atoms with Gasteiger partial charge in [-0.1, -0.05) is 29.8 Å². The van der Waals surface area contributed by atoms with Crippen LogP contribution in [0.5, 0.6) is 11.5 Å². The fourth-order valence-corrected chi connectivity index (χ4v) is 2.97. The van der Waals surface area contributed by atoms with Crippen LogP contribution in [0.3, 0.4) is 0 Å². The highest BCUT2D eigenvalue weighted by Gasteiger charge is 2.26. The van der Waals surface area contributed by atoms with Crippen molar-refractivity contribution in [1.82, 2.24) is 4.98 Å². The summed E-state index contributed by atoms with van der Waals surface area (Å²) >= 11 is 0. The number of hydrogen-bond acceptors (Lipinski definition) is 5. The van der Waals surface area contributed by atoms with Gasteiger partial charge in [-0.15, -0.1) is 0 Å². The molecule has 0 aliphatic heterocycles. The zero-order chi connectivity index (χ0) is 21.7. The quantitative estimate of drug-likeness (QED) is 0.589. The molecule has 3 rings (SSSR count). The SMILES string of the molecule is COC(=O)N(C(=O)Cc1ccc(Oc2ccc(C)cc2)cc1)c1ccnc(C)c1C. The Morgan fingerprint density at radius 2 is 1.50 bits per heavy atom. The number of pyridine rings is 1. The molecule has 0 aliphatic carbocycles. The van der Waals surface area contributed by atoms with Crippen molar-refractivity contribution in [2.24, 2.45) is 0 Å². The number of aryl methyl sites for hydroxylation is 2. The highest BCUT2D eigenvalue weighted by atomic mass is 16.5. The summed E-state index contributed by atoms with van der Waals surface area (Å²) in [5.74, 6) is 1.02. The van der Waals surface area contributed by atoms with Gasteiger partial charge in [-0.2, -0.15) is 0 Å². The van der Waals surface area contributed by atoms with E-state index in [2.05, 4.69) is 4.98 Å². The average Bonchev–Trinajstić information content (AvgIpc) is 2.74. The molecule has 2 amide bonds. The van der Waals surface area contributed by atoms with E-state index in [0.29, 0.717) is 11.4 Å². The van der Waals surface area contributed by atoms with Crippen molar-refractivity contribution in [3.05, 3.63) is 83.2 Å². The Labute approximate surface area is 176 Å². The molecule has 30 heavy (non-hydrogen) atoms. The predicted molar refractivity (Wildman–Crippen MR) is 115 cm³/mol. The van der Waals surface area contributed by atoms with Gasteiger partial charge in [0.2, 0.25) is 5.91 Å². The van der Waals surface area contributed by atoms with Gasteiger partial charge in [-0.3, -0.25) is 9.78 Å². The second-order valence-corrected chi connectivity index (χ2v) is 6.98. The molecule has 1 heterocycles. The third-order valence-corrected chi connectivity index (χ3v) is 4.81. The monoisotopic (exact) mass is 404 g/mol. The molecule has 6 nitrogen and oxygen atoms in total.